The quantitative estimate of drug-likeness (QED) is 0.825. The Balaban J connectivity index is 2.31. The van der Waals surface area contributed by atoms with Gasteiger partial charge in [0.15, 0.2) is 0 Å². The maximum absolute atomic E-state index is 12.8. The molecule has 2 rings (SSSR count). The molecule has 1 aromatic rings. The van der Waals surface area contributed by atoms with Crippen LogP contribution in [0.2, 0.25) is 5.02 Å². The fraction of sp³-hybridized carbons (Fsp3) is 0.438. The molecule has 0 saturated carbocycles. The van der Waals surface area contributed by atoms with Crippen molar-refractivity contribution in [1.82, 2.24) is 9.62 Å². The van der Waals surface area contributed by atoms with Crippen LogP contribution >= 0.6 is 11.6 Å². The van der Waals surface area contributed by atoms with Crippen LogP contribution in [0.5, 0.6) is 0 Å². The van der Waals surface area contributed by atoms with Crippen molar-refractivity contribution in [3.63, 3.8) is 0 Å². The summed E-state index contributed by atoms with van der Waals surface area (Å²) in [6.07, 6.45) is 5.35. The van der Waals surface area contributed by atoms with E-state index in [4.69, 9.17) is 11.6 Å². The molecule has 0 aliphatic carbocycles. The Bertz CT molecular complexity index is 681. The lowest BCUT2D eigenvalue weighted by Gasteiger charge is -2.20. The van der Waals surface area contributed by atoms with E-state index >= 15 is 0 Å². The largest absolute Gasteiger partial charge is 0.349 e. The smallest absolute Gasteiger partial charge is 0.253 e. The molecule has 7 heteroatoms. The van der Waals surface area contributed by atoms with Gasteiger partial charge in [-0.1, -0.05) is 30.5 Å². The van der Waals surface area contributed by atoms with Crippen molar-refractivity contribution in [3.05, 3.63) is 41.4 Å². The van der Waals surface area contributed by atoms with E-state index in [1.807, 2.05) is 0 Å². The maximum Gasteiger partial charge on any atom is 0.253 e. The number of amides is 1. The number of hydrogen-bond donors (Lipinski definition) is 1. The molecule has 1 fully saturated rings. The number of hydrogen-bond acceptors (Lipinski definition) is 3. The number of benzene rings is 1. The second-order valence-electron chi connectivity index (χ2n) is 5.46. The Labute approximate surface area is 142 Å². The Hall–Kier alpha value is -1.37. The van der Waals surface area contributed by atoms with Crippen LogP contribution < -0.4 is 5.32 Å². The molecule has 0 radical (unpaired) electrons. The van der Waals surface area contributed by atoms with Crippen LogP contribution in [0.3, 0.4) is 0 Å². The van der Waals surface area contributed by atoms with Crippen molar-refractivity contribution in [2.24, 2.45) is 0 Å². The number of sulfonamides is 1. The Morgan fingerprint density at radius 1 is 1.26 bits per heavy atom. The summed E-state index contributed by atoms with van der Waals surface area (Å²) in [6, 6.07) is 4.25. The van der Waals surface area contributed by atoms with Crippen LogP contribution in [-0.2, 0) is 10.0 Å². The zero-order valence-corrected chi connectivity index (χ0v) is 14.5. The second kappa shape index (κ2) is 7.95. The van der Waals surface area contributed by atoms with Gasteiger partial charge in [-0.15, -0.1) is 6.58 Å². The molecule has 1 amide bonds. The van der Waals surface area contributed by atoms with Gasteiger partial charge in [0.1, 0.15) is 0 Å². The predicted molar refractivity (Wildman–Crippen MR) is 91.2 cm³/mol. The van der Waals surface area contributed by atoms with Crippen LogP contribution in [0, 0.1) is 0 Å². The van der Waals surface area contributed by atoms with Gasteiger partial charge < -0.3 is 5.32 Å². The molecule has 1 aliphatic heterocycles. The summed E-state index contributed by atoms with van der Waals surface area (Å²) in [7, 11) is -3.60. The first-order chi connectivity index (χ1) is 11.0. The van der Waals surface area contributed by atoms with Crippen molar-refractivity contribution >= 4 is 27.5 Å². The molecule has 1 aliphatic rings. The molecule has 0 spiro atoms. The average Bonchev–Trinajstić information content (AvgIpc) is 2.82. The zero-order chi connectivity index (χ0) is 16.9. The van der Waals surface area contributed by atoms with Gasteiger partial charge in [0.25, 0.3) is 5.91 Å². The molecular formula is C16H21ClN2O3S. The lowest BCUT2D eigenvalue weighted by atomic mass is 10.2. The van der Waals surface area contributed by atoms with E-state index in [1.165, 1.54) is 22.5 Å². The Morgan fingerprint density at radius 2 is 1.91 bits per heavy atom. The van der Waals surface area contributed by atoms with Gasteiger partial charge in [-0.2, -0.15) is 4.31 Å². The van der Waals surface area contributed by atoms with Crippen molar-refractivity contribution in [1.29, 1.82) is 0 Å². The van der Waals surface area contributed by atoms with Crippen LogP contribution in [0.1, 0.15) is 36.0 Å². The van der Waals surface area contributed by atoms with Gasteiger partial charge in [-0.3, -0.25) is 4.79 Å². The molecule has 1 N–H and O–H groups in total. The minimum absolute atomic E-state index is 0.104. The summed E-state index contributed by atoms with van der Waals surface area (Å²) in [6.45, 7) is 4.85. The summed E-state index contributed by atoms with van der Waals surface area (Å²) >= 11 is 6.04. The van der Waals surface area contributed by atoms with E-state index in [0.717, 1.165) is 25.7 Å². The van der Waals surface area contributed by atoms with Gasteiger partial charge in [-0.25, -0.2) is 8.42 Å². The SMILES string of the molecule is C=CCNC(=O)c1cc(S(=O)(=O)N2CCCCCC2)ccc1Cl. The van der Waals surface area contributed by atoms with E-state index < -0.39 is 15.9 Å². The lowest BCUT2D eigenvalue weighted by Crippen LogP contribution is -2.32. The van der Waals surface area contributed by atoms with Crippen LogP contribution in [-0.4, -0.2) is 38.3 Å². The Kier molecular flexibility index (Phi) is 6.21. The highest BCUT2D eigenvalue weighted by molar-refractivity contribution is 7.89. The average molecular weight is 357 g/mol. The fourth-order valence-electron chi connectivity index (χ4n) is 2.53. The van der Waals surface area contributed by atoms with Crippen molar-refractivity contribution < 1.29 is 13.2 Å². The van der Waals surface area contributed by atoms with Gasteiger partial charge in [0.2, 0.25) is 10.0 Å². The molecule has 0 atom stereocenters. The fourth-order valence-corrected chi connectivity index (χ4v) is 4.28. The number of nitrogens with one attached hydrogen (secondary N) is 1. The van der Waals surface area contributed by atoms with E-state index in [0.29, 0.717) is 13.1 Å². The number of rotatable bonds is 5. The van der Waals surface area contributed by atoms with E-state index in [2.05, 4.69) is 11.9 Å². The molecule has 1 aromatic carbocycles. The second-order valence-corrected chi connectivity index (χ2v) is 7.80. The molecule has 1 heterocycles. The van der Waals surface area contributed by atoms with Crippen molar-refractivity contribution in [2.75, 3.05) is 19.6 Å². The third kappa shape index (κ3) is 4.34. The van der Waals surface area contributed by atoms with E-state index in [-0.39, 0.29) is 22.0 Å². The molecule has 0 bridgehead atoms. The van der Waals surface area contributed by atoms with Gasteiger partial charge in [0.05, 0.1) is 15.5 Å². The number of carbonyl (C=O) groups excluding carboxylic acids is 1. The molecule has 1 saturated heterocycles. The molecule has 23 heavy (non-hydrogen) atoms. The molecule has 126 valence electrons. The number of carbonyl (C=O) groups is 1. The van der Waals surface area contributed by atoms with E-state index in [1.54, 1.807) is 6.08 Å². The van der Waals surface area contributed by atoms with Gasteiger partial charge in [0, 0.05) is 19.6 Å². The van der Waals surface area contributed by atoms with E-state index in [9.17, 15) is 13.2 Å². The van der Waals surface area contributed by atoms with Crippen LogP contribution in [0.25, 0.3) is 0 Å². The minimum atomic E-state index is -3.60. The molecule has 5 nitrogen and oxygen atoms in total. The first-order valence-corrected chi connectivity index (χ1v) is 9.47. The normalized spacial score (nSPS) is 16.6. The summed E-state index contributed by atoms with van der Waals surface area (Å²) in [5.41, 5.74) is 0.157. The Morgan fingerprint density at radius 3 is 2.52 bits per heavy atom. The molecule has 0 unspecified atom stereocenters. The van der Waals surface area contributed by atoms with Gasteiger partial charge in [-0.05, 0) is 31.0 Å². The minimum Gasteiger partial charge on any atom is -0.349 e. The topological polar surface area (TPSA) is 66.5 Å². The highest BCUT2D eigenvalue weighted by Crippen LogP contribution is 2.24. The van der Waals surface area contributed by atoms with Crippen molar-refractivity contribution in [2.45, 2.75) is 30.6 Å². The standard InChI is InChI=1S/C16H21ClN2O3S/c1-2-9-18-16(20)14-12-13(7-8-15(14)17)23(21,22)19-10-5-3-4-6-11-19/h2,7-8,12H,1,3-6,9-11H2,(H,18,20). The molecule has 0 aromatic heterocycles. The zero-order valence-electron chi connectivity index (χ0n) is 12.9. The maximum atomic E-state index is 12.8. The van der Waals surface area contributed by atoms with Crippen molar-refractivity contribution in [3.8, 4) is 0 Å². The predicted octanol–water partition coefficient (Wildman–Crippen LogP) is 2.82. The monoisotopic (exact) mass is 356 g/mol. The van der Waals surface area contributed by atoms with Crippen LogP contribution in [0.15, 0.2) is 35.7 Å². The summed E-state index contributed by atoms with van der Waals surface area (Å²) in [5.74, 6) is -0.414. The summed E-state index contributed by atoms with van der Waals surface area (Å²) < 4.78 is 27.0. The summed E-state index contributed by atoms with van der Waals surface area (Å²) in [4.78, 5) is 12.2. The lowest BCUT2D eigenvalue weighted by molar-refractivity contribution is 0.0958. The number of nitrogens with zero attached hydrogens (tertiary/aromatic N) is 1. The number of halogens is 1. The first-order valence-electron chi connectivity index (χ1n) is 7.65. The highest BCUT2D eigenvalue weighted by atomic mass is 35.5. The third-order valence-corrected chi connectivity index (χ3v) is 6.02. The first kappa shape index (κ1) is 18.0. The third-order valence-electron chi connectivity index (χ3n) is 3.79. The molecular weight excluding hydrogens is 336 g/mol. The van der Waals surface area contributed by atoms with Gasteiger partial charge >= 0.3 is 0 Å². The van der Waals surface area contributed by atoms with Crippen LogP contribution in [0.4, 0.5) is 0 Å². The summed E-state index contributed by atoms with van der Waals surface area (Å²) in [5, 5.41) is 2.83. The highest BCUT2D eigenvalue weighted by Gasteiger charge is 2.26.